The van der Waals surface area contributed by atoms with Crippen LogP contribution in [0.4, 0.5) is 0 Å². The van der Waals surface area contributed by atoms with Crippen LogP contribution in [0.5, 0.6) is 0 Å². The van der Waals surface area contributed by atoms with Crippen LogP contribution in [0.2, 0.25) is 0 Å². The van der Waals surface area contributed by atoms with Crippen LogP contribution in [-0.2, 0) is 9.84 Å². The number of hydrogen-bond acceptors (Lipinski definition) is 3. The van der Waals surface area contributed by atoms with Crippen molar-refractivity contribution in [2.45, 2.75) is 83.5 Å². The van der Waals surface area contributed by atoms with E-state index in [9.17, 15) is 13.5 Å². The molecule has 0 aliphatic heterocycles. The molecule has 0 spiro atoms. The molecule has 1 aromatic carbocycles. The second kappa shape index (κ2) is 12.7. The summed E-state index contributed by atoms with van der Waals surface area (Å²) in [5.41, 5.74) is 4.45. The number of allylic oxidation sites excluding steroid dienone is 6. The summed E-state index contributed by atoms with van der Waals surface area (Å²) in [6.07, 6.45) is 9.92. The zero-order valence-electron chi connectivity index (χ0n) is 19.4. The van der Waals surface area contributed by atoms with Crippen molar-refractivity contribution in [1.82, 2.24) is 0 Å². The van der Waals surface area contributed by atoms with E-state index in [1.54, 1.807) is 42.5 Å². The van der Waals surface area contributed by atoms with Gasteiger partial charge in [0, 0.05) is 0 Å². The molecule has 0 aliphatic carbocycles. The van der Waals surface area contributed by atoms with Gasteiger partial charge in [-0.2, -0.15) is 0 Å². The minimum atomic E-state index is -3.71. The first kappa shape index (κ1) is 26.1. The lowest BCUT2D eigenvalue weighted by molar-refractivity contribution is 0.227. The molecule has 0 radical (unpaired) electrons. The lowest BCUT2D eigenvalue weighted by Crippen LogP contribution is -2.32. The van der Waals surface area contributed by atoms with Crippen molar-refractivity contribution in [2.75, 3.05) is 0 Å². The van der Waals surface area contributed by atoms with Gasteiger partial charge in [-0.1, -0.05) is 64.8 Å². The predicted octanol–water partition coefficient (Wildman–Crippen LogP) is 6.58. The standard InChI is InChI=1S/C26H38O3S/c1-20(2)12-10-14-22(5)18-25(27)26(19-23(6)15-11-13-21(3)4)30(28,29)24-16-8-7-9-17-24/h7-9,12-13,16-19,25-27H,10-11,14-15H2,1-6H3/b22-18+,23-19+/t25-,26+/m1/s1. The highest BCUT2D eigenvalue weighted by molar-refractivity contribution is 7.92. The van der Waals surface area contributed by atoms with Crippen LogP contribution in [0.3, 0.4) is 0 Å². The Labute approximate surface area is 183 Å². The molecule has 3 nitrogen and oxygen atoms in total. The van der Waals surface area contributed by atoms with E-state index in [4.69, 9.17) is 0 Å². The maximum absolute atomic E-state index is 13.3. The first-order valence-electron chi connectivity index (χ1n) is 10.6. The van der Waals surface area contributed by atoms with E-state index in [-0.39, 0.29) is 4.90 Å². The molecular weight excluding hydrogens is 392 g/mol. The van der Waals surface area contributed by atoms with Crippen LogP contribution in [0.1, 0.15) is 67.2 Å². The highest BCUT2D eigenvalue weighted by Crippen LogP contribution is 2.24. The normalized spacial score (nSPS) is 14.8. The summed E-state index contributed by atoms with van der Waals surface area (Å²) >= 11 is 0. The number of aliphatic hydroxyl groups excluding tert-OH is 1. The molecule has 1 aromatic rings. The van der Waals surface area contributed by atoms with Gasteiger partial charge < -0.3 is 5.11 Å². The Morgan fingerprint density at radius 3 is 1.77 bits per heavy atom. The van der Waals surface area contributed by atoms with Crippen molar-refractivity contribution < 1.29 is 13.5 Å². The van der Waals surface area contributed by atoms with E-state index in [1.807, 2.05) is 27.7 Å². The molecular formula is C26H38O3S. The van der Waals surface area contributed by atoms with Crippen LogP contribution >= 0.6 is 0 Å². The molecule has 0 unspecified atom stereocenters. The van der Waals surface area contributed by atoms with Gasteiger partial charge in [0.05, 0.1) is 11.0 Å². The third-order valence-electron chi connectivity index (χ3n) is 4.85. The Morgan fingerprint density at radius 1 is 0.833 bits per heavy atom. The van der Waals surface area contributed by atoms with Crippen LogP contribution in [-0.4, -0.2) is 24.9 Å². The van der Waals surface area contributed by atoms with Gasteiger partial charge >= 0.3 is 0 Å². The van der Waals surface area contributed by atoms with Gasteiger partial charge in [-0.25, -0.2) is 8.42 Å². The molecule has 4 heteroatoms. The third kappa shape index (κ3) is 9.27. The summed E-state index contributed by atoms with van der Waals surface area (Å²) in [6, 6.07) is 8.39. The maximum Gasteiger partial charge on any atom is 0.187 e. The lowest BCUT2D eigenvalue weighted by Gasteiger charge is -2.20. The van der Waals surface area contributed by atoms with Crippen molar-refractivity contribution in [2.24, 2.45) is 0 Å². The molecule has 1 rings (SSSR count). The zero-order chi connectivity index (χ0) is 22.7. The van der Waals surface area contributed by atoms with Gasteiger partial charge in [0.15, 0.2) is 9.84 Å². The lowest BCUT2D eigenvalue weighted by atomic mass is 10.0. The number of hydrogen-bond donors (Lipinski definition) is 1. The quantitative estimate of drug-likeness (QED) is 0.404. The summed E-state index contributed by atoms with van der Waals surface area (Å²) in [7, 11) is -3.71. The Morgan fingerprint density at radius 2 is 1.30 bits per heavy atom. The molecule has 0 saturated heterocycles. The topological polar surface area (TPSA) is 54.4 Å². The molecule has 30 heavy (non-hydrogen) atoms. The summed E-state index contributed by atoms with van der Waals surface area (Å²) in [6.45, 7) is 12.1. The Balaban J connectivity index is 3.19. The molecule has 0 heterocycles. The Hall–Kier alpha value is -1.91. The monoisotopic (exact) mass is 430 g/mol. The van der Waals surface area contributed by atoms with Crippen molar-refractivity contribution in [3.8, 4) is 0 Å². The molecule has 0 fully saturated rings. The Kier molecular flexibility index (Phi) is 11.1. The average molecular weight is 431 g/mol. The van der Waals surface area contributed by atoms with Crippen molar-refractivity contribution in [3.63, 3.8) is 0 Å². The average Bonchev–Trinajstić information content (AvgIpc) is 2.66. The summed E-state index contributed by atoms with van der Waals surface area (Å²) in [5, 5.41) is 9.91. The largest absolute Gasteiger partial charge is 0.387 e. The summed E-state index contributed by atoms with van der Waals surface area (Å²) in [5.74, 6) is 0. The van der Waals surface area contributed by atoms with E-state index in [2.05, 4.69) is 26.0 Å². The van der Waals surface area contributed by atoms with Crippen LogP contribution in [0, 0.1) is 0 Å². The summed E-state index contributed by atoms with van der Waals surface area (Å²) in [4.78, 5) is 0.234. The van der Waals surface area contributed by atoms with Crippen molar-refractivity contribution >= 4 is 9.84 Å². The maximum atomic E-state index is 13.3. The van der Waals surface area contributed by atoms with Crippen molar-refractivity contribution in [3.05, 3.63) is 76.9 Å². The van der Waals surface area contributed by atoms with Crippen LogP contribution in [0.15, 0.2) is 81.8 Å². The molecule has 0 aromatic heterocycles. The fourth-order valence-corrected chi connectivity index (χ4v) is 4.86. The van der Waals surface area contributed by atoms with E-state index < -0.39 is 21.2 Å². The highest BCUT2D eigenvalue weighted by atomic mass is 32.2. The fourth-order valence-electron chi connectivity index (χ4n) is 3.15. The molecule has 2 atom stereocenters. The van der Waals surface area contributed by atoms with Crippen molar-refractivity contribution in [1.29, 1.82) is 0 Å². The SMILES string of the molecule is CC(C)=CCC/C(C)=C/[C@@H](O)[C@H](/C=C(\C)CCC=C(C)C)S(=O)(=O)c1ccccc1. The molecule has 1 N–H and O–H groups in total. The second-order valence-corrected chi connectivity index (χ2v) is 10.6. The van der Waals surface area contributed by atoms with Gasteiger partial charge in [0.2, 0.25) is 0 Å². The summed E-state index contributed by atoms with van der Waals surface area (Å²) < 4.78 is 26.6. The first-order valence-corrected chi connectivity index (χ1v) is 12.2. The molecule has 0 aliphatic rings. The van der Waals surface area contributed by atoms with Gasteiger partial charge in [-0.3, -0.25) is 0 Å². The van der Waals surface area contributed by atoms with Crippen LogP contribution in [0.25, 0.3) is 0 Å². The number of sulfone groups is 1. The fraction of sp³-hybridized carbons (Fsp3) is 0.462. The molecule has 0 amide bonds. The van der Waals surface area contributed by atoms with E-state index in [0.29, 0.717) is 0 Å². The molecule has 0 saturated carbocycles. The molecule has 166 valence electrons. The Bertz CT molecular complexity index is 879. The highest BCUT2D eigenvalue weighted by Gasteiger charge is 2.31. The van der Waals surface area contributed by atoms with Gasteiger partial charge in [-0.15, -0.1) is 0 Å². The first-order chi connectivity index (χ1) is 14.0. The minimum absolute atomic E-state index is 0.234. The predicted molar refractivity (Wildman–Crippen MR) is 128 cm³/mol. The van der Waals surface area contributed by atoms with E-state index in [0.717, 1.165) is 36.8 Å². The van der Waals surface area contributed by atoms with E-state index >= 15 is 0 Å². The zero-order valence-corrected chi connectivity index (χ0v) is 20.2. The van der Waals surface area contributed by atoms with Gasteiger partial charge in [0.25, 0.3) is 0 Å². The second-order valence-electron chi connectivity index (χ2n) is 8.48. The van der Waals surface area contributed by atoms with E-state index in [1.165, 1.54) is 11.1 Å². The van der Waals surface area contributed by atoms with Gasteiger partial charge in [-0.05, 0) is 79.4 Å². The number of benzene rings is 1. The third-order valence-corrected chi connectivity index (χ3v) is 6.91. The molecule has 0 bridgehead atoms. The smallest absolute Gasteiger partial charge is 0.187 e. The number of aliphatic hydroxyl groups is 1. The van der Waals surface area contributed by atoms with Gasteiger partial charge in [0.1, 0.15) is 5.25 Å². The van der Waals surface area contributed by atoms with Crippen LogP contribution < -0.4 is 0 Å². The minimum Gasteiger partial charge on any atom is -0.387 e. The number of rotatable bonds is 11.